The summed E-state index contributed by atoms with van der Waals surface area (Å²) in [6.07, 6.45) is 8.75. The first-order valence-electron chi connectivity index (χ1n) is 7.65. The standard InChI is InChI=1S/C15H27N3O/c1-3-19-11-5-9-16-15-17-13(2)12-18(15)10-8-14-6-4-7-14/h12,14H,3-11H2,1-2H3,(H,16,17). The highest BCUT2D eigenvalue weighted by molar-refractivity contribution is 5.28. The minimum atomic E-state index is 0.801. The highest BCUT2D eigenvalue weighted by Gasteiger charge is 2.17. The number of nitrogens with one attached hydrogen (secondary N) is 1. The van der Waals surface area contributed by atoms with Gasteiger partial charge in [-0.3, -0.25) is 0 Å². The van der Waals surface area contributed by atoms with Crippen molar-refractivity contribution < 1.29 is 4.74 Å². The van der Waals surface area contributed by atoms with Crippen molar-refractivity contribution in [1.82, 2.24) is 9.55 Å². The van der Waals surface area contributed by atoms with E-state index in [9.17, 15) is 0 Å². The van der Waals surface area contributed by atoms with Gasteiger partial charge >= 0.3 is 0 Å². The van der Waals surface area contributed by atoms with Crippen LogP contribution in [0, 0.1) is 12.8 Å². The van der Waals surface area contributed by atoms with Crippen LogP contribution in [0.25, 0.3) is 0 Å². The van der Waals surface area contributed by atoms with E-state index in [1.807, 2.05) is 6.92 Å². The molecule has 0 amide bonds. The molecule has 1 aliphatic rings. The second-order valence-corrected chi connectivity index (χ2v) is 5.46. The zero-order valence-corrected chi connectivity index (χ0v) is 12.3. The van der Waals surface area contributed by atoms with Gasteiger partial charge in [-0.05, 0) is 32.6 Å². The minimum absolute atomic E-state index is 0.801. The SMILES string of the molecule is CCOCCCNc1nc(C)cn1CCC1CCC1. The zero-order chi connectivity index (χ0) is 13.5. The van der Waals surface area contributed by atoms with Crippen LogP contribution in [0.15, 0.2) is 6.20 Å². The van der Waals surface area contributed by atoms with Gasteiger partial charge in [-0.15, -0.1) is 0 Å². The summed E-state index contributed by atoms with van der Waals surface area (Å²) in [5, 5.41) is 3.42. The predicted molar refractivity (Wildman–Crippen MR) is 78.5 cm³/mol. The fourth-order valence-corrected chi connectivity index (χ4v) is 2.48. The van der Waals surface area contributed by atoms with Crippen molar-refractivity contribution in [3.8, 4) is 0 Å². The van der Waals surface area contributed by atoms with Gasteiger partial charge in [0.1, 0.15) is 0 Å². The van der Waals surface area contributed by atoms with Gasteiger partial charge < -0.3 is 14.6 Å². The molecule has 4 heteroatoms. The lowest BCUT2D eigenvalue weighted by Gasteiger charge is -2.25. The smallest absolute Gasteiger partial charge is 0.203 e. The quantitative estimate of drug-likeness (QED) is 0.697. The third-order valence-electron chi connectivity index (χ3n) is 3.85. The fraction of sp³-hybridized carbons (Fsp3) is 0.800. The molecule has 1 aromatic heterocycles. The molecule has 1 aromatic rings. The lowest BCUT2D eigenvalue weighted by molar-refractivity contribution is 0.147. The van der Waals surface area contributed by atoms with Gasteiger partial charge in [0.25, 0.3) is 0 Å². The van der Waals surface area contributed by atoms with E-state index in [2.05, 4.69) is 28.0 Å². The molecule has 1 aliphatic carbocycles. The summed E-state index contributed by atoms with van der Waals surface area (Å²) in [5.74, 6) is 1.97. The molecule has 0 aromatic carbocycles. The molecule has 0 saturated heterocycles. The van der Waals surface area contributed by atoms with E-state index in [-0.39, 0.29) is 0 Å². The van der Waals surface area contributed by atoms with Crippen molar-refractivity contribution in [2.24, 2.45) is 5.92 Å². The molecule has 1 N–H and O–H groups in total. The Kier molecular flexibility index (Phi) is 5.70. The van der Waals surface area contributed by atoms with Crippen LogP contribution in [0.1, 0.15) is 44.7 Å². The number of imidazole rings is 1. The van der Waals surface area contributed by atoms with Crippen molar-refractivity contribution in [2.45, 2.75) is 52.5 Å². The Balaban J connectivity index is 1.74. The third kappa shape index (κ3) is 4.53. The second kappa shape index (κ2) is 7.53. The Morgan fingerprint density at radius 2 is 2.32 bits per heavy atom. The van der Waals surface area contributed by atoms with Crippen LogP contribution in [-0.2, 0) is 11.3 Å². The van der Waals surface area contributed by atoms with Crippen molar-refractivity contribution in [2.75, 3.05) is 25.1 Å². The molecule has 1 heterocycles. The van der Waals surface area contributed by atoms with E-state index in [1.54, 1.807) is 0 Å². The molecule has 0 unspecified atom stereocenters. The van der Waals surface area contributed by atoms with Gasteiger partial charge in [-0.25, -0.2) is 4.98 Å². The van der Waals surface area contributed by atoms with Gasteiger partial charge in [-0.2, -0.15) is 0 Å². The largest absolute Gasteiger partial charge is 0.382 e. The third-order valence-corrected chi connectivity index (χ3v) is 3.85. The summed E-state index contributed by atoms with van der Waals surface area (Å²) < 4.78 is 7.61. The number of ether oxygens (including phenoxy) is 1. The maximum Gasteiger partial charge on any atom is 0.203 e. The number of aryl methyl sites for hydroxylation is 2. The van der Waals surface area contributed by atoms with Crippen LogP contribution < -0.4 is 5.32 Å². The predicted octanol–water partition coefficient (Wildman–Crippen LogP) is 3.22. The fourth-order valence-electron chi connectivity index (χ4n) is 2.48. The summed E-state index contributed by atoms with van der Waals surface area (Å²) in [5.41, 5.74) is 1.10. The summed E-state index contributed by atoms with van der Waals surface area (Å²) in [6, 6.07) is 0. The van der Waals surface area contributed by atoms with Crippen molar-refractivity contribution in [1.29, 1.82) is 0 Å². The van der Waals surface area contributed by atoms with E-state index in [0.29, 0.717) is 0 Å². The first kappa shape index (κ1) is 14.4. The average Bonchev–Trinajstić information content (AvgIpc) is 2.68. The van der Waals surface area contributed by atoms with E-state index < -0.39 is 0 Å². The molecule has 0 aliphatic heterocycles. The topological polar surface area (TPSA) is 39.1 Å². The number of rotatable bonds is 9. The summed E-state index contributed by atoms with van der Waals surface area (Å²) in [4.78, 5) is 4.56. The van der Waals surface area contributed by atoms with E-state index in [1.165, 1.54) is 25.7 Å². The van der Waals surface area contributed by atoms with Crippen LogP contribution >= 0.6 is 0 Å². The number of aromatic nitrogens is 2. The Hall–Kier alpha value is -1.03. The van der Waals surface area contributed by atoms with Crippen LogP contribution in [0.4, 0.5) is 5.95 Å². The molecule has 0 atom stereocenters. The summed E-state index contributed by atoms with van der Waals surface area (Å²) >= 11 is 0. The molecule has 0 bridgehead atoms. The normalized spacial score (nSPS) is 15.5. The van der Waals surface area contributed by atoms with Crippen LogP contribution in [0.2, 0.25) is 0 Å². The molecule has 19 heavy (non-hydrogen) atoms. The summed E-state index contributed by atoms with van der Waals surface area (Å²) in [7, 11) is 0. The van der Waals surface area contributed by atoms with E-state index >= 15 is 0 Å². The van der Waals surface area contributed by atoms with Crippen LogP contribution in [0.3, 0.4) is 0 Å². The van der Waals surface area contributed by atoms with Gasteiger partial charge in [0, 0.05) is 32.5 Å². The Labute approximate surface area is 116 Å². The molecule has 0 radical (unpaired) electrons. The molecule has 108 valence electrons. The molecule has 4 nitrogen and oxygen atoms in total. The van der Waals surface area contributed by atoms with Gasteiger partial charge in [0.15, 0.2) is 0 Å². The molecule has 0 spiro atoms. The van der Waals surface area contributed by atoms with Crippen LogP contribution in [-0.4, -0.2) is 29.3 Å². The molecule has 1 saturated carbocycles. The van der Waals surface area contributed by atoms with Crippen molar-refractivity contribution in [3.63, 3.8) is 0 Å². The monoisotopic (exact) mass is 265 g/mol. The Morgan fingerprint density at radius 3 is 3.00 bits per heavy atom. The van der Waals surface area contributed by atoms with Gasteiger partial charge in [-0.1, -0.05) is 19.3 Å². The highest BCUT2D eigenvalue weighted by atomic mass is 16.5. The number of anilines is 1. The van der Waals surface area contributed by atoms with Crippen LogP contribution in [0.5, 0.6) is 0 Å². The maximum atomic E-state index is 5.34. The minimum Gasteiger partial charge on any atom is -0.382 e. The molecular weight excluding hydrogens is 238 g/mol. The van der Waals surface area contributed by atoms with E-state index in [4.69, 9.17) is 4.74 Å². The lowest BCUT2D eigenvalue weighted by Crippen LogP contribution is -2.15. The second-order valence-electron chi connectivity index (χ2n) is 5.46. The summed E-state index contributed by atoms with van der Waals surface area (Å²) in [6.45, 7) is 7.74. The number of nitrogens with zero attached hydrogens (tertiary/aromatic N) is 2. The molecule has 2 rings (SSSR count). The van der Waals surface area contributed by atoms with Crippen molar-refractivity contribution in [3.05, 3.63) is 11.9 Å². The first-order valence-corrected chi connectivity index (χ1v) is 7.65. The van der Waals surface area contributed by atoms with Gasteiger partial charge in [0.2, 0.25) is 5.95 Å². The average molecular weight is 265 g/mol. The van der Waals surface area contributed by atoms with E-state index in [0.717, 1.165) is 50.3 Å². The maximum absolute atomic E-state index is 5.34. The Morgan fingerprint density at radius 1 is 1.47 bits per heavy atom. The number of hydrogen-bond donors (Lipinski definition) is 1. The lowest BCUT2D eigenvalue weighted by atomic mass is 9.83. The zero-order valence-electron chi connectivity index (χ0n) is 12.3. The van der Waals surface area contributed by atoms with Gasteiger partial charge in [0.05, 0.1) is 5.69 Å². The number of hydrogen-bond acceptors (Lipinski definition) is 3. The highest BCUT2D eigenvalue weighted by Crippen LogP contribution is 2.30. The van der Waals surface area contributed by atoms with Crippen molar-refractivity contribution >= 4 is 5.95 Å². The molecular formula is C15H27N3O. The molecule has 1 fully saturated rings. The first-order chi connectivity index (χ1) is 9.29. The Bertz CT molecular complexity index is 371.